The van der Waals surface area contributed by atoms with Crippen LogP contribution in [-0.4, -0.2) is 25.8 Å². The molecule has 0 radical (unpaired) electrons. The summed E-state index contributed by atoms with van der Waals surface area (Å²) in [6, 6.07) is 0. The molecule has 6 heteroatoms. The van der Waals surface area contributed by atoms with E-state index in [-0.39, 0.29) is 5.56 Å². The first-order valence-electron chi connectivity index (χ1n) is 4.31. The Morgan fingerprint density at radius 3 is 2.93 bits per heavy atom. The summed E-state index contributed by atoms with van der Waals surface area (Å²) < 4.78 is 1.66. The van der Waals surface area contributed by atoms with E-state index in [1.54, 1.807) is 23.3 Å². The standard InChI is InChI=1S/C9H9N3O2S/c1-6-8(9(13)14)3-11-12(6)4-7-2-10-5-15-7/h2-3,5H,4H2,1H3,(H,13,14). The number of thiazole rings is 1. The molecule has 2 aromatic rings. The second kappa shape index (κ2) is 3.82. The molecule has 2 heterocycles. The highest BCUT2D eigenvalue weighted by Gasteiger charge is 2.12. The third kappa shape index (κ3) is 1.89. The van der Waals surface area contributed by atoms with Gasteiger partial charge in [-0.3, -0.25) is 9.67 Å². The first kappa shape index (κ1) is 9.85. The molecular formula is C9H9N3O2S. The van der Waals surface area contributed by atoms with E-state index in [4.69, 9.17) is 5.11 Å². The van der Waals surface area contributed by atoms with Crippen LogP contribution in [0, 0.1) is 6.92 Å². The number of carbonyl (C=O) groups is 1. The lowest BCUT2D eigenvalue weighted by Gasteiger charge is -2.01. The van der Waals surface area contributed by atoms with Gasteiger partial charge in [-0.05, 0) is 6.92 Å². The SMILES string of the molecule is Cc1c(C(=O)O)cnn1Cc1cncs1. The van der Waals surface area contributed by atoms with Crippen LogP contribution in [0.25, 0.3) is 0 Å². The highest BCUT2D eigenvalue weighted by Crippen LogP contribution is 2.12. The van der Waals surface area contributed by atoms with Gasteiger partial charge in [-0.15, -0.1) is 11.3 Å². The molecule has 0 saturated carbocycles. The van der Waals surface area contributed by atoms with Crippen LogP contribution >= 0.6 is 11.3 Å². The Hall–Kier alpha value is -1.69. The van der Waals surface area contributed by atoms with Crippen molar-refractivity contribution in [1.29, 1.82) is 0 Å². The zero-order valence-electron chi connectivity index (χ0n) is 8.04. The van der Waals surface area contributed by atoms with Crippen LogP contribution < -0.4 is 0 Å². The summed E-state index contributed by atoms with van der Waals surface area (Å²) in [6.45, 7) is 2.32. The van der Waals surface area contributed by atoms with Gasteiger partial charge in [0.1, 0.15) is 5.56 Å². The zero-order chi connectivity index (χ0) is 10.8. The molecule has 0 saturated heterocycles. The summed E-state index contributed by atoms with van der Waals surface area (Å²) in [5, 5.41) is 12.9. The zero-order valence-corrected chi connectivity index (χ0v) is 8.86. The van der Waals surface area contributed by atoms with Gasteiger partial charge >= 0.3 is 5.97 Å². The fraction of sp³-hybridized carbons (Fsp3) is 0.222. The monoisotopic (exact) mass is 223 g/mol. The molecule has 2 rings (SSSR count). The smallest absolute Gasteiger partial charge is 0.339 e. The van der Waals surface area contributed by atoms with Crippen LogP contribution in [0.3, 0.4) is 0 Å². The molecule has 78 valence electrons. The maximum atomic E-state index is 10.8. The van der Waals surface area contributed by atoms with Gasteiger partial charge in [0, 0.05) is 11.1 Å². The third-order valence-electron chi connectivity index (χ3n) is 2.12. The summed E-state index contributed by atoms with van der Waals surface area (Å²) in [5.41, 5.74) is 2.65. The highest BCUT2D eigenvalue weighted by molar-refractivity contribution is 7.09. The van der Waals surface area contributed by atoms with Crippen LogP contribution in [0.4, 0.5) is 0 Å². The topological polar surface area (TPSA) is 68.0 Å². The van der Waals surface area contributed by atoms with Gasteiger partial charge in [-0.2, -0.15) is 5.10 Å². The molecule has 0 aromatic carbocycles. The number of hydrogen-bond acceptors (Lipinski definition) is 4. The van der Waals surface area contributed by atoms with Crippen LogP contribution in [0.15, 0.2) is 17.9 Å². The molecule has 0 bridgehead atoms. The van der Waals surface area contributed by atoms with Crippen molar-refractivity contribution in [3.63, 3.8) is 0 Å². The normalized spacial score (nSPS) is 10.5. The number of carboxylic acid groups (broad SMARTS) is 1. The van der Waals surface area contributed by atoms with Gasteiger partial charge in [0.15, 0.2) is 0 Å². The molecule has 0 atom stereocenters. The van der Waals surface area contributed by atoms with Crippen molar-refractivity contribution < 1.29 is 9.90 Å². The van der Waals surface area contributed by atoms with E-state index in [2.05, 4.69) is 10.1 Å². The lowest BCUT2D eigenvalue weighted by Crippen LogP contribution is -2.04. The Balaban J connectivity index is 2.27. The Labute approximate surface area is 90.0 Å². The van der Waals surface area contributed by atoms with Crippen molar-refractivity contribution >= 4 is 17.3 Å². The molecule has 0 aliphatic carbocycles. The average Bonchev–Trinajstić information content (AvgIpc) is 2.78. The fourth-order valence-electron chi connectivity index (χ4n) is 1.28. The molecule has 0 aliphatic rings. The Bertz CT molecular complexity index is 476. The summed E-state index contributed by atoms with van der Waals surface area (Å²) in [7, 11) is 0. The third-order valence-corrected chi connectivity index (χ3v) is 2.89. The van der Waals surface area contributed by atoms with E-state index in [1.807, 2.05) is 0 Å². The van der Waals surface area contributed by atoms with Crippen molar-refractivity contribution in [2.75, 3.05) is 0 Å². The number of carboxylic acids is 1. The fourth-order valence-corrected chi connectivity index (χ4v) is 1.86. The van der Waals surface area contributed by atoms with Crippen LogP contribution in [0.1, 0.15) is 20.9 Å². The van der Waals surface area contributed by atoms with E-state index in [1.165, 1.54) is 17.5 Å². The second-order valence-corrected chi connectivity index (χ2v) is 4.05. The number of hydrogen-bond donors (Lipinski definition) is 1. The molecule has 0 fully saturated rings. The molecule has 0 amide bonds. The van der Waals surface area contributed by atoms with Crippen molar-refractivity contribution in [2.24, 2.45) is 0 Å². The first-order chi connectivity index (χ1) is 7.18. The van der Waals surface area contributed by atoms with Crippen LogP contribution in [0.2, 0.25) is 0 Å². The molecule has 0 unspecified atom stereocenters. The lowest BCUT2D eigenvalue weighted by atomic mass is 10.3. The van der Waals surface area contributed by atoms with Crippen molar-refractivity contribution in [1.82, 2.24) is 14.8 Å². The van der Waals surface area contributed by atoms with E-state index in [9.17, 15) is 4.79 Å². The number of aromatic nitrogens is 3. The van der Waals surface area contributed by atoms with Crippen molar-refractivity contribution in [3.05, 3.63) is 34.0 Å². The van der Waals surface area contributed by atoms with E-state index in [0.717, 1.165) is 4.88 Å². The van der Waals surface area contributed by atoms with Crippen LogP contribution in [-0.2, 0) is 6.54 Å². The maximum absolute atomic E-state index is 10.8. The minimum absolute atomic E-state index is 0.250. The summed E-state index contributed by atoms with van der Waals surface area (Å²) in [4.78, 5) is 15.8. The predicted molar refractivity (Wildman–Crippen MR) is 55.1 cm³/mol. The number of aromatic carboxylic acids is 1. The summed E-state index contributed by atoms with van der Waals surface area (Å²) in [5.74, 6) is -0.942. The van der Waals surface area contributed by atoms with E-state index in [0.29, 0.717) is 12.2 Å². The van der Waals surface area contributed by atoms with E-state index >= 15 is 0 Å². The predicted octanol–water partition coefficient (Wildman–Crippen LogP) is 1.39. The largest absolute Gasteiger partial charge is 0.478 e. The molecule has 0 aliphatic heterocycles. The minimum Gasteiger partial charge on any atom is -0.478 e. The molecule has 0 spiro atoms. The Morgan fingerprint density at radius 1 is 1.60 bits per heavy atom. The van der Waals surface area contributed by atoms with Gasteiger partial charge < -0.3 is 5.11 Å². The van der Waals surface area contributed by atoms with Gasteiger partial charge in [-0.25, -0.2) is 4.79 Å². The molecular weight excluding hydrogens is 214 g/mol. The lowest BCUT2D eigenvalue weighted by molar-refractivity contribution is 0.0696. The summed E-state index contributed by atoms with van der Waals surface area (Å²) in [6.07, 6.45) is 3.13. The quantitative estimate of drug-likeness (QED) is 0.853. The van der Waals surface area contributed by atoms with Gasteiger partial charge in [0.2, 0.25) is 0 Å². The number of nitrogens with zero attached hydrogens (tertiary/aromatic N) is 3. The van der Waals surface area contributed by atoms with Gasteiger partial charge in [0.25, 0.3) is 0 Å². The molecule has 15 heavy (non-hydrogen) atoms. The molecule has 1 N–H and O–H groups in total. The van der Waals surface area contributed by atoms with Crippen molar-refractivity contribution in [2.45, 2.75) is 13.5 Å². The average molecular weight is 223 g/mol. The van der Waals surface area contributed by atoms with Crippen LogP contribution in [0.5, 0.6) is 0 Å². The maximum Gasteiger partial charge on any atom is 0.339 e. The highest BCUT2D eigenvalue weighted by atomic mass is 32.1. The first-order valence-corrected chi connectivity index (χ1v) is 5.19. The van der Waals surface area contributed by atoms with Crippen molar-refractivity contribution in [3.8, 4) is 0 Å². The summed E-state index contributed by atoms with van der Waals surface area (Å²) >= 11 is 1.52. The Morgan fingerprint density at radius 2 is 2.40 bits per heavy atom. The Kier molecular flexibility index (Phi) is 2.51. The number of rotatable bonds is 3. The second-order valence-electron chi connectivity index (χ2n) is 3.07. The molecule has 5 nitrogen and oxygen atoms in total. The van der Waals surface area contributed by atoms with E-state index < -0.39 is 5.97 Å². The van der Waals surface area contributed by atoms with Gasteiger partial charge in [0.05, 0.1) is 23.9 Å². The molecule has 2 aromatic heterocycles. The minimum atomic E-state index is -0.942. The van der Waals surface area contributed by atoms with Gasteiger partial charge in [-0.1, -0.05) is 0 Å².